The number of carbonyl (C=O) groups is 2. The molecular weight excluding hydrogens is 571 g/mol. The first-order chi connectivity index (χ1) is 22.1. The van der Waals surface area contributed by atoms with Gasteiger partial charge in [-0.1, -0.05) is 98.3 Å². The molecule has 2 bridgehead atoms. The van der Waals surface area contributed by atoms with Crippen LogP contribution in [-0.2, 0) is 44.6 Å². The van der Waals surface area contributed by atoms with Gasteiger partial charge in [-0.05, 0) is 91.9 Å². The second kappa shape index (κ2) is 12.3. The van der Waals surface area contributed by atoms with E-state index in [4.69, 9.17) is 9.31 Å². The molecule has 4 fully saturated rings. The molecule has 3 aromatic carbocycles. The Morgan fingerprint density at radius 3 is 2.30 bits per heavy atom. The topological polar surface area (TPSA) is 76.7 Å². The summed E-state index contributed by atoms with van der Waals surface area (Å²) in [4.78, 5) is 28.1. The van der Waals surface area contributed by atoms with Crippen LogP contribution in [-0.4, -0.2) is 42.6 Å². The van der Waals surface area contributed by atoms with Crippen molar-refractivity contribution in [2.75, 3.05) is 0 Å². The Bertz CT molecular complexity index is 1580. The highest BCUT2D eigenvalue weighted by atomic mass is 16.7. The van der Waals surface area contributed by atoms with Crippen molar-refractivity contribution in [3.8, 4) is 0 Å². The molecule has 8 rings (SSSR count). The summed E-state index contributed by atoms with van der Waals surface area (Å²) in [5.41, 5.74) is 5.68. The summed E-state index contributed by atoms with van der Waals surface area (Å²) in [5, 5.41) is 6.52. The SMILES string of the molecule is Cc1ccc(C[C@H](NC(=O)[C@H](Cc2ccccc2)NC(=O)[C@H]2CCc3ccccc3C2)B2O[C@@H]3CC4CC(C4(C)C)[C@@]3(C)O2)cc1. The monoisotopic (exact) mass is 618 g/mol. The molecule has 6 nitrogen and oxygen atoms in total. The lowest BCUT2D eigenvalue weighted by atomic mass is 9.43. The zero-order chi connectivity index (χ0) is 32.1. The van der Waals surface area contributed by atoms with E-state index in [0.29, 0.717) is 31.1 Å². The number of nitrogens with one attached hydrogen (secondary N) is 2. The van der Waals surface area contributed by atoms with E-state index < -0.39 is 19.1 Å². The molecule has 1 saturated heterocycles. The largest absolute Gasteiger partial charge is 0.482 e. The van der Waals surface area contributed by atoms with Gasteiger partial charge in [0.15, 0.2) is 0 Å². The van der Waals surface area contributed by atoms with Crippen LogP contribution in [0, 0.1) is 30.1 Å². The quantitative estimate of drug-likeness (QED) is 0.297. The third kappa shape index (κ3) is 5.93. The molecule has 46 heavy (non-hydrogen) atoms. The van der Waals surface area contributed by atoms with Crippen molar-refractivity contribution < 1.29 is 18.9 Å². The zero-order valence-corrected chi connectivity index (χ0v) is 27.6. The lowest BCUT2D eigenvalue weighted by Gasteiger charge is -2.64. The van der Waals surface area contributed by atoms with E-state index in [2.05, 4.69) is 80.8 Å². The number of rotatable bonds is 9. The maximum Gasteiger partial charge on any atom is 0.482 e. The molecule has 3 aromatic rings. The smallest absolute Gasteiger partial charge is 0.404 e. The molecule has 2 N–H and O–H groups in total. The Balaban J connectivity index is 1.12. The molecule has 1 heterocycles. The van der Waals surface area contributed by atoms with Gasteiger partial charge >= 0.3 is 7.12 Å². The maximum absolute atomic E-state index is 14.3. The number of hydrogen-bond acceptors (Lipinski definition) is 4. The van der Waals surface area contributed by atoms with Gasteiger partial charge in [0.25, 0.3) is 0 Å². The van der Waals surface area contributed by atoms with Crippen LogP contribution in [0.25, 0.3) is 0 Å². The van der Waals surface area contributed by atoms with E-state index in [1.807, 2.05) is 36.4 Å². The second-order valence-electron chi connectivity index (χ2n) is 15.1. The Hall–Kier alpha value is -3.42. The summed E-state index contributed by atoms with van der Waals surface area (Å²) in [7, 11) is -0.571. The van der Waals surface area contributed by atoms with Crippen molar-refractivity contribution in [2.24, 2.45) is 23.2 Å². The van der Waals surface area contributed by atoms with Gasteiger partial charge in [0.05, 0.1) is 17.6 Å². The van der Waals surface area contributed by atoms with Crippen molar-refractivity contribution >= 4 is 18.9 Å². The number of carbonyl (C=O) groups excluding carboxylic acids is 2. The Kier molecular flexibility index (Phi) is 8.35. The van der Waals surface area contributed by atoms with E-state index in [-0.39, 0.29) is 34.9 Å². The molecule has 7 atom stereocenters. The molecule has 2 unspecified atom stereocenters. The molecule has 0 aromatic heterocycles. The van der Waals surface area contributed by atoms with Gasteiger partial charge in [0.2, 0.25) is 11.8 Å². The van der Waals surface area contributed by atoms with E-state index in [1.165, 1.54) is 23.1 Å². The predicted octanol–water partition coefficient (Wildman–Crippen LogP) is 5.82. The van der Waals surface area contributed by atoms with E-state index in [1.54, 1.807) is 0 Å². The molecule has 2 amide bonds. The minimum atomic E-state index is -0.724. The number of fused-ring (bicyclic) bond motifs is 1. The molecule has 0 spiro atoms. The first-order valence-electron chi connectivity index (χ1n) is 17.2. The molecule has 3 saturated carbocycles. The van der Waals surface area contributed by atoms with Gasteiger partial charge in [-0.15, -0.1) is 0 Å². The van der Waals surface area contributed by atoms with Crippen LogP contribution in [0.15, 0.2) is 78.9 Å². The summed E-state index contributed by atoms with van der Waals surface area (Å²) in [6.07, 6.45) is 5.49. The lowest BCUT2D eigenvalue weighted by molar-refractivity contribution is -0.199. The fourth-order valence-corrected chi connectivity index (χ4v) is 8.82. The minimum Gasteiger partial charge on any atom is -0.404 e. The average molecular weight is 619 g/mol. The Morgan fingerprint density at radius 1 is 0.870 bits per heavy atom. The fraction of sp³-hybridized carbons (Fsp3) is 0.487. The highest BCUT2D eigenvalue weighted by Gasteiger charge is 2.68. The number of amides is 2. The summed E-state index contributed by atoms with van der Waals surface area (Å²) in [6, 6.07) is 26.0. The average Bonchev–Trinajstić information content (AvgIpc) is 3.42. The van der Waals surface area contributed by atoms with Crippen molar-refractivity contribution in [1.82, 2.24) is 10.6 Å². The van der Waals surface area contributed by atoms with E-state index in [9.17, 15) is 9.59 Å². The molecule has 7 heteroatoms. The maximum atomic E-state index is 14.3. The minimum absolute atomic E-state index is 0.0145. The first-order valence-corrected chi connectivity index (χ1v) is 17.2. The van der Waals surface area contributed by atoms with Gasteiger partial charge in [0, 0.05) is 12.3 Å². The third-order valence-electron chi connectivity index (χ3n) is 11.8. The summed E-state index contributed by atoms with van der Waals surface area (Å²) in [6.45, 7) is 9.01. The van der Waals surface area contributed by atoms with Crippen LogP contribution < -0.4 is 10.6 Å². The van der Waals surface area contributed by atoms with Crippen molar-refractivity contribution in [3.63, 3.8) is 0 Å². The second-order valence-corrected chi connectivity index (χ2v) is 15.1. The normalized spacial score (nSPS) is 28.7. The number of aryl methyl sites for hydroxylation is 2. The summed E-state index contributed by atoms with van der Waals surface area (Å²) < 4.78 is 13.6. The fourth-order valence-electron chi connectivity index (χ4n) is 8.82. The number of benzene rings is 3. The van der Waals surface area contributed by atoms with Crippen LogP contribution in [0.1, 0.15) is 67.9 Å². The molecule has 0 radical (unpaired) electrons. The van der Waals surface area contributed by atoms with Crippen molar-refractivity contribution in [2.45, 2.75) is 96.3 Å². The third-order valence-corrected chi connectivity index (χ3v) is 11.8. The van der Waals surface area contributed by atoms with Crippen molar-refractivity contribution in [3.05, 3.63) is 107 Å². The standard InChI is InChI=1S/C39H47BN2O4/c1-25-14-16-27(17-15-25)21-35(40-45-34-24-31-23-33(38(31,2)3)39(34,4)46-40)42-37(44)32(20-26-10-6-5-7-11-26)41-36(43)30-19-18-28-12-8-9-13-29(28)22-30/h5-17,30-35H,18-24H2,1-4H3,(H,41,43)(H,42,44)/t30-,31?,32-,33?,34+,35-,39+/m0/s1. The van der Waals surface area contributed by atoms with Crippen LogP contribution >= 0.6 is 0 Å². The van der Waals surface area contributed by atoms with Crippen LogP contribution in [0.2, 0.25) is 0 Å². The van der Waals surface area contributed by atoms with Crippen LogP contribution in [0.5, 0.6) is 0 Å². The van der Waals surface area contributed by atoms with E-state index in [0.717, 1.165) is 30.4 Å². The van der Waals surface area contributed by atoms with Gasteiger partial charge in [0.1, 0.15) is 6.04 Å². The van der Waals surface area contributed by atoms with Gasteiger partial charge < -0.3 is 19.9 Å². The molecule has 4 aliphatic carbocycles. The Morgan fingerprint density at radius 2 is 1.57 bits per heavy atom. The first kappa shape index (κ1) is 31.2. The predicted molar refractivity (Wildman–Crippen MR) is 181 cm³/mol. The highest BCUT2D eigenvalue weighted by Crippen LogP contribution is 2.65. The summed E-state index contributed by atoms with van der Waals surface area (Å²) >= 11 is 0. The molecule has 240 valence electrons. The molecule has 5 aliphatic rings. The summed E-state index contributed by atoms with van der Waals surface area (Å²) in [5.74, 6) is 0.228. The highest BCUT2D eigenvalue weighted by molar-refractivity contribution is 6.48. The van der Waals surface area contributed by atoms with Gasteiger partial charge in [-0.3, -0.25) is 9.59 Å². The van der Waals surface area contributed by atoms with Crippen LogP contribution in [0.3, 0.4) is 0 Å². The van der Waals surface area contributed by atoms with Crippen molar-refractivity contribution in [1.29, 1.82) is 0 Å². The Labute approximate surface area is 274 Å². The number of hydrogen-bond donors (Lipinski definition) is 2. The van der Waals surface area contributed by atoms with E-state index >= 15 is 0 Å². The lowest BCUT2D eigenvalue weighted by Crippen LogP contribution is -2.65. The molecular formula is C39H47BN2O4. The van der Waals surface area contributed by atoms with Crippen LogP contribution in [0.4, 0.5) is 0 Å². The zero-order valence-electron chi connectivity index (χ0n) is 27.6. The molecule has 1 aliphatic heterocycles. The van der Waals surface area contributed by atoms with Gasteiger partial charge in [-0.25, -0.2) is 0 Å². The van der Waals surface area contributed by atoms with Gasteiger partial charge in [-0.2, -0.15) is 0 Å².